The van der Waals surface area contributed by atoms with E-state index < -0.39 is 6.55 Å². The van der Waals surface area contributed by atoms with E-state index >= 15 is 0 Å². The molecule has 0 saturated carbocycles. The van der Waals surface area contributed by atoms with Gasteiger partial charge in [0.05, 0.1) is 17.1 Å². The second-order valence-electron chi connectivity index (χ2n) is 6.21. The van der Waals surface area contributed by atoms with Gasteiger partial charge in [0, 0.05) is 12.2 Å². The third kappa shape index (κ3) is 2.35. The van der Waals surface area contributed by atoms with E-state index in [4.69, 9.17) is 0 Å². The molecule has 124 valence electrons. The zero-order valence-corrected chi connectivity index (χ0v) is 13.5. The number of aromatic nitrogens is 2. The first kappa shape index (κ1) is 15.1. The third-order valence-electron chi connectivity index (χ3n) is 4.81. The number of para-hydroxylation sites is 3. The average Bonchev–Trinajstić information content (AvgIpc) is 3.00. The van der Waals surface area contributed by atoms with E-state index in [1.54, 1.807) is 18.2 Å². The van der Waals surface area contributed by atoms with Crippen LogP contribution in [0.5, 0.6) is 0 Å². The van der Waals surface area contributed by atoms with Crippen LogP contribution in [0.3, 0.4) is 0 Å². The van der Waals surface area contributed by atoms with Gasteiger partial charge in [-0.2, -0.15) is 8.78 Å². The molecular weight excluding hydrogens is 308 g/mol. The van der Waals surface area contributed by atoms with E-state index in [1.807, 2.05) is 25.1 Å². The summed E-state index contributed by atoms with van der Waals surface area (Å²) in [6.07, 6.45) is 2.06. The molecule has 1 aliphatic heterocycles. The summed E-state index contributed by atoms with van der Waals surface area (Å²) in [6.45, 7) is 0.210. The molecule has 1 aromatic heterocycles. The standard InChI is InChI=1S/C19H19F2N3/c1-13(23-12-6-8-14-7-2-4-10-16(14)23)18-22-15-9-3-5-11-17(15)24(18)19(20)21/h2-5,7,9-11,13,19H,6,8,12H2,1H3/t13-/m0/s1. The summed E-state index contributed by atoms with van der Waals surface area (Å²) in [7, 11) is 0. The molecule has 0 fully saturated rings. The first-order chi connectivity index (χ1) is 11.7. The van der Waals surface area contributed by atoms with Gasteiger partial charge in [0.15, 0.2) is 0 Å². The number of hydrogen-bond acceptors (Lipinski definition) is 2. The summed E-state index contributed by atoms with van der Waals surface area (Å²) < 4.78 is 28.5. The van der Waals surface area contributed by atoms with Crippen LogP contribution in [0.4, 0.5) is 14.5 Å². The van der Waals surface area contributed by atoms with E-state index in [0.717, 1.165) is 29.6 Å². The molecule has 3 aromatic rings. The van der Waals surface area contributed by atoms with Crippen molar-refractivity contribution in [2.45, 2.75) is 32.4 Å². The number of alkyl halides is 2. The molecule has 1 aliphatic rings. The fourth-order valence-corrected chi connectivity index (χ4v) is 3.67. The molecule has 2 heterocycles. The molecule has 0 saturated heterocycles. The summed E-state index contributed by atoms with van der Waals surface area (Å²) in [6, 6.07) is 15.1. The van der Waals surface area contributed by atoms with E-state index in [1.165, 1.54) is 5.56 Å². The van der Waals surface area contributed by atoms with Crippen LogP contribution in [0.25, 0.3) is 11.0 Å². The van der Waals surface area contributed by atoms with Crippen molar-refractivity contribution in [3.05, 3.63) is 59.9 Å². The number of rotatable bonds is 3. The molecule has 24 heavy (non-hydrogen) atoms. The van der Waals surface area contributed by atoms with Gasteiger partial charge in [-0.3, -0.25) is 4.57 Å². The van der Waals surface area contributed by atoms with Gasteiger partial charge < -0.3 is 4.90 Å². The van der Waals surface area contributed by atoms with Crippen LogP contribution in [0.1, 0.15) is 37.3 Å². The maximum Gasteiger partial charge on any atom is 0.320 e. The van der Waals surface area contributed by atoms with Crippen LogP contribution in [-0.4, -0.2) is 16.1 Å². The van der Waals surface area contributed by atoms with Crippen molar-refractivity contribution >= 4 is 16.7 Å². The second-order valence-corrected chi connectivity index (χ2v) is 6.21. The Morgan fingerprint density at radius 2 is 1.79 bits per heavy atom. The van der Waals surface area contributed by atoms with Crippen LogP contribution in [0.15, 0.2) is 48.5 Å². The van der Waals surface area contributed by atoms with Crippen molar-refractivity contribution in [2.75, 3.05) is 11.4 Å². The number of imidazole rings is 1. The molecule has 5 heteroatoms. The lowest BCUT2D eigenvalue weighted by molar-refractivity contribution is 0.0703. The summed E-state index contributed by atoms with van der Waals surface area (Å²) in [4.78, 5) is 6.72. The van der Waals surface area contributed by atoms with E-state index in [9.17, 15) is 8.78 Å². The Balaban J connectivity index is 1.82. The average molecular weight is 327 g/mol. The predicted octanol–water partition coefficient (Wildman–Crippen LogP) is 4.95. The number of halogens is 2. The topological polar surface area (TPSA) is 21.1 Å². The number of fused-ring (bicyclic) bond motifs is 2. The molecule has 0 radical (unpaired) electrons. The Hall–Kier alpha value is -2.43. The molecule has 0 amide bonds. The highest BCUT2D eigenvalue weighted by molar-refractivity contribution is 5.76. The molecule has 1 atom stereocenters. The van der Waals surface area contributed by atoms with Gasteiger partial charge >= 0.3 is 6.55 Å². The minimum atomic E-state index is -2.60. The quantitative estimate of drug-likeness (QED) is 0.679. The largest absolute Gasteiger partial charge is 0.361 e. The number of hydrogen-bond donors (Lipinski definition) is 0. The van der Waals surface area contributed by atoms with Gasteiger partial charge in [-0.1, -0.05) is 30.3 Å². The number of aryl methyl sites for hydroxylation is 1. The van der Waals surface area contributed by atoms with Crippen LogP contribution >= 0.6 is 0 Å². The monoisotopic (exact) mass is 327 g/mol. The highest BCUT2D eigenvalue weighted by Gasteiger charge is 2.28. The fraction of sp³-hybridized carbons (Fsp3) is 0.316. The van der Waals surface area contributed by atoms with Crippen LogP contribution < -0.4 is 4.90 Å². The third-order valence-corrected chi connectivity index (χ3v) is 4.81. The number of nitrogens with zero attached hydrogens (tertiary/aromatic N) is 3. The Kier molecular flexibility index (Phi) is 3.71. The molecular formula is C19H19F2N3. The van der Waals surface area contributed by atoms with Crippen molar-refractivity contribution in [1.82, 2.24) is 9.55 Å². The predicted molar refractivity (Wildman–Crippen MR) is 91.5 cm³/mol. The lowest BCUT2D eigenvalue weighted by atomic mass is 10.00. The minimum absolute atomic E-state index is 0.215. The van der Waals surface area contributed by atoms with Crippen molar-refractivity contribution < 1.29 is 8.78 Å². The van der Waals surface area contributed by atoms with E-state index in [2.05, 4.69) is 22.0 Å². The minimum Gasteiger partial charge on any atom is -0.361 e. The summed E-state index contributed by atoms with van der Waals surface area (Å²) in [5, 5.41) is 0. The molecule has 0 aliphatic carbocycles. The SMILES string of the molecule is C[C@@H](c1nc2ccccc2n1C(F)F)N1CCCc2ccccc21. The lowest BCUT2D eigenvalue weighted by Gasteiger charge is -2.36. The van der Waals surface area contributed by atoms with Gasteiger partial charge in [0.1, 0.15) is 5.82 Å². The molecule has 0 spiro atoms. The van der Waals surface area contributed by atoms with Gasteiger partial charge in [0.25, 0.3) is 0 Å². The molecule has 0 unspecified atom stereocenters. The zero-order valence-electron chi connectivity index (χ0n) is 13.5. The van der Waals surface area contributed by atoms with Crippen molar-refractivity contribution in [3.63, 3.8) is 0 Å². The normalized spacial score (nSPS) is 15.8. The highest BCUT2D eigenvalue weighted by atomic mass is 19.3. The maximum absolute atomic E-state index is 13.7. The molecule has 4 rings (SSSR count). The van der Waals surface area contributed by atoms with E-state index in [-0.39, 0.29) is 6.04 Å². The van der Waals surface area contributed by atoms with Crippen LogP contribution in [0.2, 0.25) is 0 Å². The Labute approximate surface area is 139 Å². The maximum atomic E-state index is 13.7. The lowest BCUT2D eigenvalue weighted by Crippen LogP contribution is -2.33. The van der Waals surface area contributed by atoms with E-state index in [0.29, 0.717) is 16.9 Å². The smallest absolute Gasteiger partial charge is 0.320 e. The first-order valence-corrected chi connectivity index (χ1v) is 8.26. The summed E-state index contributed by atoms with van der Waals surface area (Å²) in [5.74, 6) is 0.419. The molecule has 3 nitrogen and oxygen atoms in total. The zero-order chi connectivity index (χ0) is 16.7. The van der Waals surface area contributed by atoms with Gasteiger partial charge in [-0.25, -0.2) is 4.98 Å². The first-order valence-electron chi connectivity index (χ1n) is 8.26. The van der Waals surface area contributed by atoms with Crippen molar-refractivity contribution in [3.8, 4) is 0 Å². The van der Waals surface area contributed by atoms with Crippen LogP contribution in [-0.2, 0) is 6.42 Å². The summed E-state index contributed by atoms with van der Waals surface area (Å²) >= 11 is 0. The Morgan fingerprint density at radius 3 is 2.62 bits per heavy atom. The van der Waals surface area contributed by atoms with Crippen molar-refractivity contribution in [2.24, 2.45) is 0 Å². The van der Waals surface area contributed by atoms with Gasteiger partial charge in [-0.05, 0) is 43.5 Å². The Morgan fingerprint density at radius 1 is 1.04 bits per heavy atom. The highest BCUT2D eigenvalue weighted by Crippen LogP contribution is 2.36. The molecule has 0 N–H and O–H groups in total. The van der Waals surface area contributed by atoms with Crippen LogP contribution in [0, 0.1) is 0 Å². The molecule has 0 bridgehead atoms. The summed E-state index contributed by atoms with van der Waals surface area (Å²) in [5.41, 5.74) is 3.50. The number of benzene rings is 2. The number of anilines is 1. The van der Waals surface area contributed by atoms with Gasteiger partial charge in [0.2, 0.25) is 0 Å². The fourth-order valence-electron chi connectivity index (χ4n) is 3.67. The molecule has 2 aromatic carbocycles. The second kappa shape index (κ2) is 5.89. The van der Waals surface area contributed by atoms with Crippen molar-refractivity contribution in [1.29, 1.82) is 0 Å². The van der Waals surface area contributed by atoms with Gasteiger partial charge in [-0.15, -0.1) is 0 Å². The Bertz CT molecular complexity index is 872.